The van der Waals surface area contributed by atoms with Crippen molar-refractivity contribution in [3.8, 4) is 0 Å². The maximum absolute atomic E-state index is 12.0. The van der Waals surface area contributed by atoms with Crippen LogP contribution in [0.3, 0.4) is 0 Å². The molecule has 0 radical (unpaired) electrons. The molecule has 0 aliphatic heterocycles. The van der Waals surface area contributed by atoms with Gasteiger partial charge in [0.15, 0.2) is 0 Å². The van der Waals surface area contributed by atoms with E-state index in [0.29, 0.717) is 6.54 Å². The highest BCUT2D eigenvalue weighted by Crippen LogP contribution is 2.08. The quantitative estimate of drug-likeness (QED) is 0.555. The predicted molar refractivity (Wildman–Crippen MR) is 91.2 cm³/mol. The normalized spacial score (nSPS) is 10.2. The van der Waals surface area contributed by atoms with Crippen molar-refractivity contribution in [2.24, 2.45) is 0 Å². The molecule has 1 aromatic carbocycles. The average molecular weight is 316 g/mol. The van der Waals surface area contributed by atoms with E-state index < -0.39 is 11.2 Å². The van der Waals surface area contributed by atoms with Crippen LogP contribution < -0.4 is 22.3 Å². The highest BCUT2D eigenvalue weighted by atomic mass is 32.1. The summed E-state index contributed by atoms with van der Waals surface area (Å²) in [5, 5.41) is 2.84. The van der Waals surface area contributed by atoms with Crippen molar-refractivity contribution in [3.63, 3.8) is 0 Å². The zero-order chi connectivity index (χ0) is 16.1. The number of thiocarbonyl (C=S) groups is 1. The lowest BCUT2D eigenvalue weighted by atomic mass is 10.2. The second-order valence-electron chi connectivity index (χ2n) is 4.59. The second-order valence-corrected chi connectivity index (χ2v) is 5.00. The number of benzene rings is 1. The molecule has 0 aliphatic rings. The van der Waals surface area contributed by atoms with Crippen molar-refractivity contribution in [1.29, 1.82) is 0 Å². The first kappa shape index (κ1) is 15.7. The van der Waals surface area contributed by atoms with Crippen molar-refractivity contribution in [3.05, 3.63) is 75.0 Å². The van der Waals surface area contributed by atoms with Crippen molar-refractivity contribution in [2.75, 3.05) is 12.3 Å². The molecule has 4 N–H and O–H groups in total. The summed E-state index contributed by atoms with van der Waals surface area (Å²) in [4.78, 5) is 26.4. The van der Waals surface area contributed by atoms with Crippen LogP contribution >= 0.6 is 12.2 Å². The molecule has 1 heterocycles. The van der Waals surface area contributed by atoms with Gasteiger partial charge < -0.3 is 11.1 Å². The molecule has 0 unspecified atom stereocenters. The molecule has 22 heavy (non-hydrogen) atoms. The van der Waals surface area contributed by atoms with Gasteiger partial charge in [0.25, 0.3) is 5.56 Å². The standard InChI is InChI=1S/C15H16N4O2S/c1-2-8-17-14(22)11-12(16)19(15(21)18-13(11)20)9-10-6-4-3-5-7-10/h2-7H,1,8-9,16H2,(H,17,22)(H,18,20,21). The molecule has 1 aromatic heterocycles. The molecule has 2 aromatic rings. The summed E-state index contributed by atoms with van der Waals surface area (Å²) in [5.74, 6) is 0.0409. The number of nitrogens with one attached hydrogen (secondary N) is 2. The van der Waals surface area contributed by atoms with Gasteiger partial charge in [-0.3, -0.25) is 14.3 Å². The summed E-state index contributed by atoms with van der Waals surface area (Å²) >= 11 is 5.15. The van der Waals surface area contributed by atoms with Crippen molar-refractivity contribution in [2.45, 2.75) is 6.54 Å². The first-order chi connectivity index (χ1) is 10.5. The lowest BCUT2D eigenvalue weighted by molar-refractivity contribution is 0.730. The fraction of sp³-hybridized carbons (Fsp3) is 0.133. The number of nitrogens with two attached hydrogens (primary N) is 1. The number of rotatable bonds is 5. The number of aromatic nitrogens is 2. The Morgan fingerprint density at radius 3 is 2.68 bits per heavy atom. The smallest absolute Gasteiger partial charge is 0.330 e. The fourth-order valence-corrected chi connectivity index (χ4v) is 2.26. The number of hydrogen-bond acceptors (Lipinski definition) is 4. The third-order valence-electron chi connectivity index (χ3n) is 3.06. The molecule has 0 saturated carbocycles. The highest BCUT2D eigenvalue weighted by Gasteiger charge is 2.16. The van der Waals surface area contributed by atoms with Gasteiger partial charge in [0, 0.05) is 6.54 Å². The molecule has 6 nitrogen and oxygen atoms in total. The molecule has 0 atom stereocenters. The Morgan fingerprint density at radius 2 is 2.05 bits per heavy atom. The maximum atomic E-state index is 12.0. The third-order valence-corrected chi connectivity index (χ3v) is 3.41. The zero-order valence-corrected chi connectivity index (χ0v) is 12.7. The number of nitrogens with zero attached hydrogens (tertiary/aromatic N) is 1. The van der Waals surface area contributed by atoms with Crippen LogP contribution in [-0.4, -0.2) is 21.1 Å². The Bertz CT molecular complexity index is 809. The minimum atomic E-state index is -0.603. The summed E-state index contributed by atoms with van der Waals surface area (Å²) < 4.78 is 1.29. The Kier molecular flexibility index (Phi) is 4.90. The van der Waals surface area contributed by atoms with E-state index in [9.17, 15) is 9.59 Å². The average Bonchev–Trinajstić information content (AvgIpc) is 2.50. The third kappa shape index (κ3) is 3.32. The van der Waals surface area contributed by atoms with Gasteiger partial charge in [-0.15, -0.1) is 6.58 Å². The molecular formula is C15H16N4O2S. The van der Waals surface area contributed by atoms with E-state index in [1.54, 1.807) is 6.08 Å². The van der Waals surface area contributed by atoms with Crippen LogP contribution in [0.25, 0.3) is 0 Å². The van der Waals surface area contributed by atoms with Crippen LogP contribution in [-0.2, 0) is 6.54 Å². The topological polar surface area (TPSA) is 92.9 Å². The minimum absolute atomic E-state index is 0.0409. The van der Waals surface area contributed by atoms with Crippen LogP contribution in [0.2, 0.25) is 0 Å². The number of H-pyrrole nitrogens is 1. The van der Waals surface area contributed by atoms with Gasteiger partial charge in [-0.2, -0.15) is 0 Å². The molecule has 0 aliphatic carbocycles. The molecule has 0 bridgehead atoms. The fourth-order valence-electron chi connectivity index (χ4n) is 1.98. The molecule has 0 saturated heterocycles. The van der Waals surface area contributed by atoms with E-state index in [0.717, 1.165) is 5.56 Å². The number of anilines is 1. The molecule has 2 rings (SSSR count). The van der Waals surface area contributed by atoms with Crippen LogP contribution in [0.1, 0.15) is 11.1 Å². The van der Waals surface area contributed by atoms with Gasteiger partial charge in [0.1, 0.15) is 16.4 Å². The van der Waals surface area contributed by atoms with E-state index >= 15 is 0 Å². The number of hydrogen-bond donors (Lipinski definition) is 3. The lowest BCUT2D eigenvalue weighted by Crippen LogP contribution is -2.39. The van der Waals surface area contributed by atoms with Gasteiger partial charge in [0.2, 0.25) is 0 Å². The SMILES string of the molecule is C=CCNC(=S)c1c(N)n(Cc2ccccc2)c(=O)[nH]c1=O. The Morgan fingerprint density at radius 1 is 1.36 bits per heavy atom. The Balaban J connectivity index is 2.47. The summed E-state index contributed by atoms with van der Waals surface area (Å²) in [5.41, 5.74) is 5.80. The Labute approximate surface area is 132 Å². The van der Waals surface area contributed by atoms with E-state index in [-0.39, 0.29) is 22.9 Å². The highest BCUT2D eigenvalue weighted by molar-refractivity contribution is 7.80. The maximum Gasteiger partial charge on any atom is 0.330 e. The lowest BCUT2D eigenvalue weighted by Gasteiger charge is -2.13. The Hall–Kier alpha value is -2.67. The number of nitrogen functional groups attached to an aromatic ring is 1. The van der Waals surface area contributed by atoms with Crippen molar-refractivity contribution in [1.82, 2.24) is 14.9 Å². The van der Waals surface area contributed by atoms with Gasteiger partial charge in [-0.25, -0.2) is 4.79 Å². The van der Waals surface area contributed by atoms with Gasteiger partial charge in [-0.1, -0.05) is 48.6 Å². The monoisotopic (exact) mass is 316 g/mol. The van der Waals surface area contributed by atoms with E-state index in [1.807, 2.05) is 30.3 Å². The van der Waals surface area contributed by atoms with Crippen molar-refractivity contribution >= 4 is 23.0 Å². The van der Waals surface area contributed by atoms with Gasteiger partial charge >= 0.3 is 5.69 Å². The van der Waals surface area contributed by atoms with Gasteiger partial charge in [0.05, 0.1) is 6.54 Å². The molecule has 0 spiro atoms. The van der Waals surface area contributed by atoms with E-state index in [4.69, 9.17) is 18.0 Å². The summed E-state index contributed by atoms with van der Waals surface area (Å²) in [6.07, 6.45) is 1.61. The van der Waals surface area contributed by atoms with Crippen LogP contribution in [0.5, 0.6) is 0 Å². The summed E-state index contributed by atoms with van der Waals surface area (Å²) in [7, 11) is 0. The van der Waals surface area contributed by atoms with E-state index in [2.05, 4.69) is 16.9 Å². The second kappa shape index (κ2) is 6.86. The molecular weight excluding hydrogens is 300 g/mol. The van der Waals surface area contributed by atoms with Crippen molar-refractivity contribution < 1.29 is 0 Å². The molecule has 0 amide bonds. The van der Waals surface area contributed by atoms with Crippen LogP contribution in [0.4, 0.5) is 5.82 Å². The van der Waals surface area contributed by atoms with Gasteiger partial charge in [-0.05, 0) is 5.56 Å². The minimum Gasteiger partial charge on any atom is -0.384 e. The molecule has 7 heteroatoms. The summed E-state index contributed by atoms with van der Waals surface area (Å²) in [6, 6.07) is 9.33. The van der Waals surface area contributed by atoms with Crippen LogP contribution in [0, 0.1) is 0 Å². The van der Waals surface area contributed by atoms with Crippen LogP contribution in [0.15, 0.2) is 52.6 Å². The summed E-state index contributed by atoms with van der Waals surface area (Å²) in [6.45, 7) is 4.21. The first-order valence-corrected chi connectivity index (χ1v) is 7.01. The number of aromatic amines is 1. The molecule has 0 fully saturated rings. The van der Waals surface area contributed by atoms with E-state index in [1.165, 1.54) is 4.57 Å². The molecule has 114 valence electrons. The predicted octanol–water partition coefficient (Wildman–Crippen LogP) is 0.618. The first-order valence-electron chi connectivity index (χ1n) is 6.60. The largest absolute Gasteiger partial charge is 0.384 e. The zero-order valence-electron chi connectivity index (χ0n) is 11.8.